The number of rotatable bonds is 2. The molecule has 1 N–H and O–H groups in total. The number of imide groups is 2. The van der Waals surface area contributed by atoms with E-state index in [2.05, 4.69) is 0 Å². The molecular weight excluding hydrogens is 408 g/mol. The molecule has 7 nitrogen and oxygen atoms in total. The minimum Gasteiger partial charge on any atom is -0.298 e. The second-order valence-corrected chi connectivity index (χ2v) is 8.41. The second-order valence-electron chi connectivity index (χ2n) is 8.41. The summed E-state index contributed by atoms with van der Waals surface area (Å²) in [5.41, 5.74) is -4.87. The van der Waals surface area contributed by atoms with Gasteiger partial charge in [-0.25, -0.2) is 8.78 Å². The van der Waals surface area contributed by atoms with Gasteiger partial charge in [0.25, 0.3) is 11.8 Å². The maximum atomic E-state index is 16.1. The highest BCUT2D eigenvalue weighted by atomic mass is 19.1. The van der Waals surface area contributed by atoms with Crippen molar-refractivity contribution in [2.24, 2.45) is 0 Å². The van der Waals surface area contributed by atoms with Crippen LogP contribution in [0, 0.1) is 11.6 Å². The Balaban J connectivity index is 1.93. The molecule has 4 amide bonds. The lowest BCUT2D eigenvalue weighted by Gasteiger charge is -2.41. The summed E-state index contributed by atoms with van der Waals surface area (Å²) >= 11 is 0. The molecule has 0 aromatic heterocycles. The number of piperidine rings is 2. The van der Waals surface area contributed by atoms with Gasteiger partial charge in [0.05, 0.1) is 11.1 Å². The van der Waals surface area contributed by atoms with E-state index in [0.29, 0.717) is 15.9 Å². The number of fused-ring (bicyclic) bond motifs is 1. The summed E-state index contributed by atoms with van der Waals surface area (Å²) in [5, 5.41) is 1.94. The first-order valence-corrected chi connectivity index (χ1v) is 9.56. The fraction of sp³-hybridized carbons (Fsp3) is 0.545. The van der Waals surface area contributed by atoms with Crippen LogP contribution in [0.1, 0.15) is 89.5 Å². The minimum atomic E-state index is -3.49. The quantitative estimate of drug-likeness (QED) is 0.712. The standard InChI is InChI=1S/C22H25F2N3O4/c1-22(2,3)26-8-6-11(7-9-26)16-13(23)10-12-17(18(16)24)21(31)27(20(12)30)14-4-5-15(28)25-19(14)29/h10-11,14H,4-9H2,1-3H3,(H,25,28,29)/t14-/m0/s1/i6D2,7D2,8D2,9D2. The van der Waals surface area contributed by atoms with Gasteiger partial charge in [0.15, 0.2) is 0 Å². The number of hydrogen-bond acceptors (Lipinski definition) is 5. The topological polar surface area (TPSA) is 86.8 Å². The van der Waals surface area contributed by atoms with E-state index in [1.165, 1.54) is 20.8 Å². The molecule has 1 aromatic rings. The summed E-state index contributed by atoms with van der Waals surface area (Å²) < 4.78 is 99.8. The largest absolute Gasteiger partial charge is 0.298 e. The minimum absolute atomic E-state index is 0.247. The first-order chi connectivity index (χ1) is 17.5. The van der Waals surface area contributed by atoms with Crippen molar-refractivity contribution >= 4 is 23.6 Å². The number of nitrogens with one attached hydrogen (secondary N) is 1. The zero-order chi connectivity index (χ0) is 29.8. The Morgan fingerprint density at radius 1 is 1.10 bits per heavy atom. The molecule has 4 rings (SSSR count). The molecule has 2 saturated heterocycles. The van der Waals surface area contributed by atoms with Crippen molar-refractivity contribution in [2.45, 2.75) is 63.9 Å². The monoisotopic (exact) mass is 441 g/mol. The molecule has 0 spiro atoms. The van der Waals surface area contributed by atoms with Gasteiger partial charge in [-0.2, -0.15) is 0 Å². The molecule has 0 aliphatic carbocycles. The highest BCUT2D eigenvalue weighted by Crippen LogP contribution is 2.38. The molecule has 31 heavy (non-hydrogen) atoms. The van der Waals surface area contributed by atoms with Gasteiger partial charge in [-0.3, -0.25) is 34.3 Å². The van der Waals surface area contributed by atoms with Crippen LogP contribution in [0.5, 0.6) is 0 Å². The van der Waals surface area contributed by atoms with E-state index in [9.17, 15) is 19.2 Å². The highest BCUT2D eigenvalue weighted by Gasteiger charge is 2.47. The third-order valence-electron chi connectivity index (χ3n) is 5.26. The normalized spacial score (nSPS) is 33.7. The van der Waals surface area contributed by atoms with Crippen LogP contribution in [0.2, 0.25) is 0 Å². The zero-order valence-electron chi connectivity index (χ0n) is 24.9. The average molecular weight is 442 g/mol. The Morgan fingerprint density at radius 3 is 2.32 bits per heavy atom. The van der Waals surface area contributed by atoms with Crippen molar-refractivity contribution in [1.29, 1.82) is 0 Å². The molecule has 0 saturated carbocycles. The lowest BCUT2D eigenvalue weighted by atomic mass is 9.85. The fourth-order valence-corrected chi connectivity index (χ4v) is 3.63. The van der Waals surface area contributed by atoms with Crippen molar-refractivity contribution in [1.82, 2.24) is 15.1 Å². The van der Waals surface area contributed by atoms with Gasteiger partial charge >= 0.3 is 0 Å². The van der Waals surface area contributed by atoms with Crippen LogP contribution in [0.3, 0.4) is 0 Å². The van der Waals surface area contributed by atoms with Crippen LogP contribution in [-0.2, 0) is 9.59 Å². The number of amides is 4. The summed E-state index contributed by atoms with van der Waals surface area (Å²) in [5.74, 6) is -10.7. The summed E-state index contributed by atoms with van der Waals surface area (Å²) in [6, 6.07) is -1.16. The lowest BCUT2D eigenvalue weighted by Crippen LogP contribution is -2.54. The highest BCUT2D eigenvalue weighted by molar-refractivity contribution is 6.23. The molecule has 3 aliphatic heterocycles. The predicted octanol–water partition coefficient (Wildman–Crippen LogP) is 2.34. The number of benzene rings is 1. The van der Waals surface area contributed by atoms with E-state index >= 15 is 8.78 Å². The van der Waals surface area contributed by atoms with E-state index in [1.54, 1.807) is 0 Å². The third-order valence-corrected chi connectivity index (χ3v) is 5.26. The molecular formula is C22H25F2N3O4. The van der Waals surface area contributed by atoms with E-state index < -0.39 is 95.2 Å². The number of hydrogen-bond donors (Lipinski definition) is 1. The van der Waals surface area contributed by atoms with Crippen LogP contribution in [0.4, 0.5) is 8.78 Å². The Morgan fingerprint density at radius 2 is 1.74 bits per heavy atom. The van der Waals surface area contributed by atoms with Gasteiger partial charge in [-0.05, 0) is 64.9 Å². The van der Waals surface area contributed by atoms with Crippen molar-refractivity contribution in [3.05, 3.63) is 34.4 Å². The molecule has 0 bridgehead atoms. The van der Waals surface area contributed by atoms with E-state index in [1.807, 2.05) is 5.32 Å². The maximum Gasteiger partial charge on any atom is 0.265 e. The Hall–Kier alpha value is -2.68. The molecule has 0 unspecified atom stereocenters. The SMILES string of the molecule is [2H]C1([2H])C(c2c(F)cc3c(c2F)C(=O)N([C@H]2CCC(=O)NC2=O)C3=O)C([2H])([2H])C([2H])([2H])N(C(C)(C)C)C1([2H])[2H]. The van der Waals surface area contributed by atoms with Crippen molar-refractivity contribution in [2.75, 3.05) is 13.0 Å². The van der Waals surface area contributed by atoms with Gasteiger partial charge in [-0.1, -0.05) is 0 Å². The van der Waals surface area contributed by atoms with Crippen LogP contribution in [-0.4, -0.2) is 58.0 Å². The summed E-state index contributed by atoms with van der Waals surface area (Å²) in [4.78, 5) is 50.6. The molecule has 1 atom stereocenters. The van der Waals surface area contributed by atoms with E-state index in [-0.39, 0.29) is 12.8 Å². The van der Waals surface area contributed by atoms with Crippen molar-refractivity contribution in [3.8, 4) is 0 Å². The second kappa shape index (κ2) is 7.47. The number of carbonyl (C=O) groups is 4. The first-order valence-electron chi connectivity index (χ1n) is 13.6. The number of likely N-dealkylation sites (tertiary alicyclic amines) is 1. The summed E-state index contributed by atoms with van der Waals surface area (Å²) in [6.45, 7) is -2.71. The van der Waals surface area contributed by atoms with E-state index in [4.69, 9.17) is 11.0 Å². The van der Waals surface area contributed by atoms with Gasteiger partial charge in [-0.15, -0.1) is 0 Å². The smallest absolute Gasteiger partial charge is 0.265 e. The van der Waals surface area contributed by atoms with Gasteiger partial charge < -0.3 is 0 Å². The molecule has 3 heterocycles. The van der Waals surface area contributed by atoms with Crippen molar-refractivity contribution in [3.63, 3.8) is 0 Å². The maximum absolute atomic E-state index is 16.1. The molecule has 3 aliphatic rings. The zero-order valence-corrected chi connectivity index (χ0v) is 16.9. The summed E-state index contributed by atoms with van der Waals surface area (Å²) in [6.07, 6.45) is -7.51. The lowest BCUT2D eigenvalue weighted by molar-refractivity contribution is -0.136. The molecule has 2 fully saturated rings. The third kappa shape index (κ3) is 3.54. The fourth-order valence-electron chi connectivity index (χ4n) is 3.63. The Kier molecular flexibility index (Phi) is 3.30. The number of halogens is 2. The van der Waals surface area contributed by atoms with Crippen LogP contribution >= 0.6 is 0 Å². The van der Waals surface area contributed by atoms with Crippen molar-refractivity contribution < 1.29 is 38.9 Å². The average Bonchev–Trinajstić information content (AvgIpc) is 2.98. The molecule has 9 heteroatoms. The van der Waals surface area contributed by atoms with E-state index in [0.717, 1.165) is 0 Å². The predicted molar refractivity (Wildman–Crippen MR) is 106 cm³/mol. The van der Waals surface area contributed by atoms with Crippen LogP contribution < -0.4 is 5.32 Å². The van der Waals surface area contributed by atoms with Crippen LogP contribution in [0.15, 0.2) is 6.07 Å². The Bertz CT molecular complexity index is 1300. The number of carbonyl (C=O) groups excluding carboxylic acids is 4. The first kappa shape index (κ1) is 13.7. The summed E-state index contributed by atoms with van der Waals surface area (Å²) in [7, 11) is 0. The van der Waals surface area contributed by atoms with Gasteiger partial charge in [0.2, 0.25) is 11.8 Å². The number of nitrogens with zero attached hydrogens (tertiary/aromatic N) is 2. The molecule has 0 radical (unpaired) electrons. The molecule has 166 valence electrons. The van der Waals surface area contributed by atoms with Crippen LogP contribution in [0.25, 0.3) is 0 Å². The Labute approximate surface area is 190 Å². The molecule has 1 aromatic carbocycles. The van der Waals surface area contributed by atoms with Gasteiger partial charge in [0.1, 0.15) is 17.7 Å². The van der Waals surface area contributed by atoms with Gasteiger partial charge in [0, 0.05) is 28.5 Å².